The van der Waals surface area contributed by atoms with Gasteiger partial charge in [-0.2, -0.15) is 0 Å². The van der Waals surface area contributed by atoms with Crippen LogP contribution in [0.15, 0.2) is 41.3 Å². The van der Waals surface area contributed by atoms with E-state index in [1.165, 1.54) is 24.3 Å². The highest BCUT2D eigenvalue weighted by Gasteiger charge is 2.63. The molecular weight excluding hydrogens is 422 g/mol. The number of halogens is 3. The molecule has 0 spiro atoms. The average Bonchev–Trinajstić information content (AvgIpc) is 3.55. The predicted octanol–water partition coefficient (Wildman–Crippen LogP) is 4.49. The van der Waals surface area contributed by atoms with Crippen LogP contribution in [-0.4, -0.2) is 27.7 Å². The minimum Gasteiger partial charge on any atom is -0.490 e. The summed E-state index contributed by atoms with van der Waals surface area (Å²) in [4.78, 5) is 0.0276. The second-order valence-corrected chi connectivity index (χ2v) is 10.6. The SMILES string of the molecule is O=S(=O)(c1ccc(Cl)cc1)[C@]12CCO[C@H](C3CC3)[C@H]1COc1c(F)ccc(F)c12. The standard InChI is InChI=1S/C21H19ClF2O4S/c22-13-3-5-14(6-4-13)29(25,26)21-9-10-27-19(12-1-2-12)15(21)11-28-20-17(24)8-7-16(23)18(20)21/h3-8,12,15,19H,1-2,9-11H2/t15-,19-,21-/m1/s1. The molecule has 154 valence electrons. The maximum atomic E-state index is 15.1. The van der Waals surface area contributed by atoms with Crippen LogP contribution >= 0.6 is 11.6 Å². The summed E-state index contributed by atoms with van der Waals surface area (Å²) in [6, 6.07) is 7.74. The molecule has 3 aliphatic rings. The summed E-state index contributed by atoms with van der Waals surface area (Å²) in [7, 11) is -4.12. The molecule has 2 aliphatic heterocycles. The minimum atomic E-state index is -4.12. The molecule has 1 saturated carbocycles. The molecule has 2 fully saturated rings. The zero-order valence-corrected chi connectivity index (χ0v) is 17.0. The van der Waals surface area contributed by atoms with E-state index in [4.69, 9.17) is 21.1 Å². The van der Waals surface area contributed by atoms with Gasteiger partial charge in [0.15, 0.2) is 21.4 Å². The maximum Gasteiger partial charge on any atom is 0.189 e. The van der Waals surface area contributed by atoms with Crippen LogP contribution in [0, 0.1) is 23.5 Å². The number of ether oxygens (including phenoxy) is 2. The monoisotopic (exact) mass is 440 g/mol. The third kappa shape index (κ3) is 2.74. The Hall–Kier alpha value is -1.70. The van der Waals surface area contributed by atoms with Gasteiger partial charge in [-0.1, -0.05) is 11.6 Å². The second-order valence-electron chi connectivity index (χ2n) is 7.92. The Balaban J connectivity index is 1.79. The first-order valence-electron chi connectivity index (χ1n) is 9.59. The Bertz CT molecular complexity index is 1070. The normalized spacial score (nSPS) is 28.9. The first-order valence-corrected chi connectivity index (χ1v) is 11.5. The van der Waals surface area contributed by atoms with E-state index in [-0.39, 0.29) is 47.9 Å². The van der Waals surface area contributed by atoms with Gasteiger partial charge >= 0.3 is 0 Å². The Morgan fingerprint density at radius 2 is 1.72 bits per heavy atom. The molecule has 2 aromatic rings. The third-order valence-electron chi connectivity index (χ3n) is 6.36. The van der Waals surface area contributed by atoms with E-state index in [0.717, 1.165) is 25.0 Å². The number of benzene rings is 2. The molecule has 29 heavy (non-hydrogen) atoms. The number of hydrogen-bond acceptors (Lipinski definition) is 4. The van der Waals surface area contributed by atoms with Crippen molar-refractivity contribution in [1.82, 2.24) is 0 Å². The van der Waals surface area contributed by atoms with Crippen LogP contribution < -0.4 is 4.74 Å². The van der Waals surface area contributed by atoms with E-state index in [9.17, 15) is 12.8 Å². The van der Waals surface area contributed by atoms with Crippen molar-refractivity contribution < 1.29 is 26.7 Å². The van der Waals surface area contributed by atoms with Gasteiger partial charge in [0, 0.05) is 17.5 Å². The van der Waals surface area contributed by atoms with Gasteiger partial charge in [-0.25, -0.2) is 17.2 Å². The number of fused-ring (bicyclic) bond motifs is 3. The van der Waals surface area contributed by atoms with Crippen molar-refractivity contribution in [2.24, 2.45) is 11.8 Å². The molecule has 4 nitrogen and oxygen atoms in total. The smallest absolute Gasteiger partial charge is 0.189 e. The van der Waals surface area contributed by atoms with Crippen LogP contribution in [0.2, 0.25) is 5.02 Å². The van der Waals surface area contributed by atoms with Crippen molar-refractivity contribution in [3.05, 3.63) is 58.6 Å². The summed E-state index contributed by atoms with van der Waals surface area (Å²) >= 11 is 5.94. The Labute approximate surface area is 172 Å². The fourth-order valence-electron chi connectivity index (χ4n) is 4.88. The lowest BCUT2D eigenvalue weighted by atomic mass is 9.74. The highest BCUT2D eigenvalue weighted by atomic mass is 35.5. The summed E-state index contributed by atoms with van der Waals surface area (Å²) in [5, 5.41) is 0.394. The van der Waals surface area contributed by atoms with Crippen LogP contribution in [0.25, 0.3) is 0 Å². The molecule has 0 aromatic heterocycles. The van der Waals surface area contributed by atoms with E-state index in [0.29, 0.717) is 5.02 Å². The highest BCUT2D eigenvalue weighted by molar-refractivity contribution is 7.92. The molecule has 8 heteroatoms. The van der Waals surface area contributed by atoms with Gasteiger partial charge in [0.2, 0.25) is 0 Å². The lowest BCUT2D eigenvalue weighted by Crippen LogP contribution is -2.58. The van der Waals surface area contributed by atoms with Gasteiger partial charge in [-0.3, -0.25) is 0 Å². The van der Waals surface area contributed by atoms with E-state index >= 15 is 4.39 Å². The number of sulfone groups is 1. The predicted molar refractivity (Wildman–Crippen MR) is 103 cm³/mol. The lowest BCUT2D eigenvalue weighted by molar-refractivity contribution is -0.0828. The van der Waals surface area contributed by atoms with Crippen LogP contribution in [0.5, 0.6) is 5.75 Å². The van der Waals surface area contributed by atoms with Gasteiger partial charge in [-0.15, -0.1) is 0 Å². The van der Waals surface area contributed by atoms with Crippen LogP contribution in [0.3, 0.4) is 0 Å². The Morgan fingerprint density at radius 1 is 1.03 bits per heavy atom. The Kier molecular flexibility index (Phi) is 4.42. The molecule has 0 unspecified atom stereocenters. The molecule has 2 heterocycles. The van der Waals surface area contributed by atoms with E-state index in [1.54, 1.807) is 0 Å². The maximum absolute atomic E-state index is 15.1. The van der Waals surface area contributed by atoms with Gasteiger partial charge in [-0.05, 0) is 61.6 Å². The zero-order chi connectivity index (χ0) is 20.4. The average molecular weight is 441 g/mol. The van der Waals surface area contributed by atoms with Gasteiger partial charge in [0.1, 0.15) is 10.6 Å². The molecule has 0 amide bonds. The van der Waals surface area contributed by atoms with Gasteiger partial charge in [0.05, 0.1) is 23.2 Å². The number of hydrogen-bond donors (Lipinski definition) is 0. The molecule has 0 radical (unpaired) electrons. The fraction of sp³-hybridized carbons (Fsp3) is 0.429. The summed E-state index contributed by atoms with van der Waals surface area (Å²) in [5.74, 6) is -2.27. The largest absolute Gasteiger partial charge is 0.490 e. The van der Waals surface area contributed by atoms with E-state index in [2.05, 4.69) is 0 Å². The topological polar surface area (TPSA) is 52.6 Å². The van der Waals surface area contributed by atoms with Crippen molar-refractivity contribution in [3.63, 3.8) is 0 Å². The quantitative estimate of drug-likeness (QED) is 0.705. The van der Waals surface area contributed by atoms with Crippen LogP contribution in [-0.2, 0) is 19.3 Å². The minimum absolute atomic E-state index is 0.0276. The molecule has 5 rings (SSSR count). The molecule has 0 bridgehead atoms. The van der Waals surface area contributed by atoms with Gasteiger partial charge in [0.25, 0.3) is 0 Å². The van der Waals surface area contributed by atoms with Crippen molar-refractivity contribution in [2.45, 2.75) is 35.0 Å². The summed E-state index contributed by atoms with van der Waals surface area (Å²) < 4.78 is 67.7. The van der Waals surface area contributed by atoms with Crippen molar-refractivity contribution in [2.75, 3.05) is 13.2 Å². The van der Waals surface area contributed by atoms with Gasteiger partial charge < -0.3 is 9.47 Å². The molecule has 1 aliphatic carbocycles. The molecule has 3 atom stereocenters. The summed E-state index contributed by atoms with van der Waals surface area (Å²) in [6.45, 7) is 0.112. The van der Waals surface area contributed by atoms with Crippen molar-refractivity contribution in [1.29, 1.82) is 0 Å². The molecule has 0 N–H and O–H groups in total. The van der Waals surface area contributed by atoms with Crippen LogP contribution in [0.4, 0.5) is 8.78 Å². The van der Waals surface area contributed by atoms with E-state index < -0.39 is 32.1 Å². The third-order valence-corrected chi connectivity index (χ3v) is 9.17. The highest BCUT2D eigenvalue weighted by Crippen LogP contribution is 2.58. The second kappa shape index (κ2) is 6.65. The summed E-state index contributed by atoms with van der Waals surface area (Å²) in [6.07, 6.45) is 1.51. The first kappa shape index (κ1) is 19.3. The Morgan fingerprint density at radius 3 is 2.41 bits per heavy atom. The molecular formula is C21H19ClF2O4S. The zero-order valence-electron chi connectivity index (χ0n) is 15.4. The molecule has 2 aromatic carbocycles. The summed E-state index contributed by atoms with van der Waals surface area (Å²) in [5.41, 5.74) is -0.211. The van der Waals surface area contributed by atoms with Crippen molar-refractivity contribution >= 4 is 21.4 Å². The first-order chi connectivity index (χ1) is 13.9. The molecule has 1 saturated heterocycles. The van der Waals surface area contributed by atoms with Crippen molar-refractivity contribution in [3.8, 4) is 5.75 Å². The fourth-order valence-corrected chi connectivity index (χ4v) is 7.33. The van der Waals surface area contributed by atoms with Crippen LogP contribution in [0.1, 0.15) is 24.8 Å². The van der Waals surface area contributed by atoms with E-state index in [1.807, 2.05) is 0 Å². The lowest BCUT2D eigenvalue weighted by Gasteiger charge is -2.50. The number of rotatable bonds is 3.